The predicted molar refractivity (Wildman–Crippen MR) is 10.8 cm³/mol. The fourth-order valence-corrected chi connectivity index (χ4v) is 0. The monoisotopic (exact) mass is 403 g/mol. The van der Waals surface area contributed by atoms with Gasteiger partial charge in [-0.15, -0.1) is 30.7 Å². The van der Waals surface area contributed by atoms with E-state index in [1.165, 1.54) is 0 Å². The zero-order valence-corrected chi connectivity index (χ0v) is 11.5. The average molecular weight is 404 g/mol. The summed E-state index contributed by atoms with van der Waals surface area (Å²) < 4.78 is 102. The van der Waals surface area contributed by atoms with Gasteiger partial charge in [0, 0.05) is 0 Å². The predicted octanol–water partition coefficient (Wildman–Crippen LogP) is -16.7. The van der Waals surface area contributed by atoms with Crippen LogP contribution in [0.3, 0.4) is 0 Å². The Morgan fingerprint density at radius 3 is 0.316 bits per heavy atom. The third-order valence-corrected chi connectivity index (χ3v) is 0. The molecule has 0 aliphatic carbocycles. The SMILES string of the molecule is O.O.O.[Cr+3].[O-][Cl+3]([O-])([O-])[O-].[O-][Cl+3]([O-])([O-])[O-].[O-][Cl+3]([O-])([O-])[O-]. The van der Waals surface area contributed by atoms with Crippen LogP contribution in [0.25, 0.3) is 0 Å². The van der Waals surface area contributed by atoms with Gasteiger partial charge >= 0.3 is 17.4 Å². The Bertz CT molecular complexity index is 92.4. The van der Waals surface area contributed by atoms with E-state index in [2.05, 4.69) is 0 Å². The van der Waals surface area contributed by atoms with Gasteiger partial charge in [0.05, 0.1) is 0 Å². The first kappa shape index (κ1) is 42.7. The molecule has 0 aromatic rings. The van der Waals surface area contributed by atoms with Crippen LogP contribution >= 0.6 is 0 Å². The largest absolute Gasteiger partial charge is 3.00 e. The van der Waals surface area contributed by atoms with Gasteiger partial charge in [0.2, 0.25) is 0 Å². The fourth-order valence-electron chi connectivity index (χ4n) is 0. The Balaban J connectivity index is -0.0000000206. The Kier molecular flexibility index (Phi) is 37.9. The van der Waals surface area contributed by atoms with E-state index < -0.39 is 30.7 Å². The third-order valence-electron chi connectivity index (χ3n) is 0. The Labute approximate surface area is 121 Å². The quantitative estimate of drug-likeness (QED) is 0.362. The molecule has 0 unspecified atom stereocenters. The summed E-state index contributed by atoms with van der Waals surface area (Å²) in [7, 11) is -14.8. The topological polar surface area (TPSA) is 371 Å². The van der Waals surface area contributed by atoms with Crippen molar-refractivity contribution in [2.75, 3.05) is 0 Å². The summed E-state index contributed by atoms with van der Waals surface area (Å²) in [6.07, 6.45) is 0. The van der Waals surface area contributed by atoms with Crippen molar-refractivity contribution >= 4 is 0 Å². The first-order chi connectivity index (χ1) is 6.00. The molecule has 0 heterocycles. The fraction of sp³-hybridized carbons (Fsp3) is 0. The molecule has 19 heavy (non-hydrogen) atoms. The normalized spacial score (nSPS) is 9.47. The summed E-state index contributed by atoms with van der Waals surface area (Å²) in [5.41, 5.74) is 0. The summed E-state index contributed by atoms with van der Waals surface area (Å²) in [5.74, 6) is 0. The molecule has 0 aromatic carbocycles. The van der Waals surface area contributed by atoms with Crippen molar-refractivity contribution in [3.8, 4) is 0 Å². The standard InChI is InChI=1S/3ClHO4.Cr.3H2O/c3*2-1(3,4)5;;;;/h3*(H,2,3,4,5);;3*1H2/q;;;+3;;;/p-3. The summed E-state index contributed by atoms with van der Waals surface area (Å²) in [4.78, 5) is 0. The van der Waals surface area contributed by atoms with E-state index in [-0.39, 0.29) is 33.8 Å². The molecule has 0 aliphatic rings. The van der Waals surface area contributed by atoms with E-state index in [1.54, 1.807) is 0 Å². The van der Waals surface area contributed by atoms with Crippen molar-refractivity contribution < 1.29 is 120 Å². The zero-order chi connectivity index (χ0) is 13.5. The van der Waals surface area contributed by atoms with Crippen LogP contribution in [0.5, 0.6) is 0 Å². The maximum atomic E-state index is 8.49. The maximum absolute atomic E-state index is 8.49. The van der Waals surface area contributed by atoms with Crippen molar-refractivity contribution in [3.05, 3.63) is 0 Å². The first-order valence-electron chi connectivity index (χ1n) is 1.85. The molecule has 0 aliphatic heterocycles. The summed E-state index contributed by atoms with van der Waals surface area (Å²) in [6, 6.07) is 0. The first-order valence-corrected chi connectivity index (χ1v) is 5.55. The Hall–Kier alpha value is 0.802. The van der Waals surface area contributed by atoms with E-state index in [0.717, 1.165) is 0 Å². The Morgan fingerprint density at radius 1 is 0.316 bits per heavy atom. The minimum atomic E-state index is -4.94. The van der Waals surface area contributed by atoms with E-state index >= 15 is 0 Å². The molecule has 123 valence electrons. The molecule has 0 atom stereocenters. The van der Waals surface area contributed by atoms with Gasteiger partial charge in [-0.2, -0.15) is 0 Å². The minimum Gasteiger partial charge on any atom is -0.412 e. The molecule has 1 radical (unpaired) electrons. The van der Waals surface area contributed by atoms with E-state index in [0.29, 0.717) is 0 Å². The van der Waals surface area contributed by atoms with Gasteiger partial charge < -0.3 is 16.4 Å². The molecule has 0 rings (SSSR count). The summed E-state index contributed by atoms with van der Waals surface area (Å²) >= 11 is 0. The van der Waals surface area contributed by atoms with Crippen LogP contribution in [0.2, 0.25) is 0 Å². The summed E-state index contributed by atoms with van der Waals surface area (Å²) in [6.45, 7) is 0. The van der Waals surface area contributed by atoms with Gasteiger partial charge in [0.25, 0.3) is 0 Å². The molecule has 15 nitrogen and oxygen atoms in total. The molecule has 0 fully saturated rings. The van der Waals surface area contributed by atoms with Crippen LogP contribution in [0, 0.1) is 30.7 Å². The van der Waals surface area contributed by atoms with Gasteiger partial charge in [0.1, 0.15) is 0 Å². The van der Waals surface area contributed by atoms with Crippen LogP contribution in [0.15, 0.2) is 0 Å². The molecule has 19 heteroatoms. The van der Waals surface area contributed by atoms with Gasteiger partial charge in [0.15, 0.2) is 0 Å². The summed E-state index contributed by atoms with van der Waals surface area (Å²) in [5, 5.41) is 0. The number of hydrogen-bond donors (Lipinski definition) is 0. The van der Waals surface area contributed by atoms with Gasteiger partial charge in [-0.1, -0.05) is 0 Å². The molecule has 0 saturated carbocycles. The van der Waals surface area contributed by atoms with Crippen molar-refractivity contribution in [3.63, 3.8) is 0 Å². The van der Waals surface area contributed by atoms with Crippen LogP contribution in [0.1, 0.15) is 0 Å². The van der Waals surface area contributed by atoms with Gasteiger partial charge in [-0.05, 0) is 0 Å². The van der Waals surface area contributed by atoms with Gasteiger partial charge in [-0.3, -0.25) is 0 Å². The maximum Gasteiger partial charge on any atom is 3.00 e. The number of hydrogen-bond acceptors (Lipinski definition) is 12. The molecule has 6 N–H and O–H groups in total. The molecule has 0 aromatic heterocycles. The molecule has 0 spiro atoms. The van der Waals surface area contributed by atoms with Crippen LogP contribution in [-0.2, 0) is 17.4 Å². The second-order valence-electron chi connectivity index (χ2n) is 1.13. The van der Waals surface area contributed by atoms with Crippen molar-refractivity contribution in [1.29, 1.82) is 0 Å². The number of halogens is 3. The second-order valence-corrected chi connectivity index (χ2v) is 3.40. The van der Waals surface area contributed by atoms with Gasteiger partial charge in [-0.25, -0.2) is 55.9 Å². The minimum absolute atomic E-state index is 0. The molecular weight excluding hydrogens is 398 g/mol. The third kappa shape index (κ3) is 8240. The van der Waals surface area contributed by atoms with Crippen LogP contribution in [-0.4, -0.2) is 16.4 Å². The van der Waals surface area contributed by atoms with E-state index in [4.69, 9.17) is 55.9 Å². The molecule has 0 amide bonds. The molecule has 0 bridgehead atoms. The number of rotatable bonds is 0. The average Bonchev–Trinajstić information content (AvgIpc) is 1.41. The molecular formula is H6Cl3CrO15. The zero-order valence-electron chi connectivity index (χ0n) is 7.94. The van der Waals surface area contributed by atoms with E-state index in [9.17, 15) is 0 Å². The van der Waals surface area contributed by atoms with E-state index in [1.807, 2.05) is 0 Å². The van der Waals surface area contributed by atoms with Crippen LogP contribution in [0.4, 0.5) is 0 Å². The van der Waals surface area contributed by atoms with Crippen molar-refractivity contribution in [2.45, 2.75) is 0 Å². The second kappa shape index (κ2) is 16.9. The smallest absolute Gasteiger partial charge is 0.412 e. The Morgan fingerprint density at radius 2 is 0.316 bits per heavy atom. The van der Waals surface area contributed by atoms with Crippen molar-refractivity contribution in [2.24, 2.45) is 0 Å². The molecule has 0 saturated heterocycles. The van der Waals surface area contributed by atoms with Crippen LogP contribution < -0.4 is 55.9 Å². The van der Waals surface area contributed by atoms with Crippen molar-refractivity contribution in [1.82, 2.24) is 0 Å².